The Morgan fingerprint density at radius 3 is 2.53 bits per heavy atom. The molecule has 0 saturated heterocycles. The quantitative estimate of drug-likeness (QED) is 0.738. The molecule has 0 fully saturated rings. The number of halogens is 3. The van der Waals surface area contributed by atoms with Crippen LogP contribution in [-0.2, 0) is 6.61 Å². The van der Waals surface area contributed by atoms with E-state index in [4.69, 9.17) is 16.3 Å². The first-order valence-electron chi connectivity index (χ1n) is 4.98. The number of hydrogen-bond acceptors (Lipinski definition) is 1. The summed E-state index contributed by atoms with van der Waals surface area (Å²) >= 11 is 9.02. The molecule has 0 spiro atoms. The maximum Gasteiger partial charge on any atom is 0.139 e. The largest absolute Gasteiger partial charge is 0.487 e. The Morgan fingerprint density at radius 1 is 1.12 bits per heavy atom. The fourth-order valence-corrected chi connectivity index (χ4v) is 1.89. The van der Waals surface area contributed by atoms with E-state index >= 15 is 0 Å². The molecule has 0 aliphatic rings. The van der Waals surface area contributed by atoms with E-state index in [2.05, 4.69) is 15.9 Å². The molecule has 0 amide bonds. The van der Waals surface area contributed by atoms with Crippen molar-refractivity contribution in [1.29, 1.82) is 0 Å². The molecule has 1 nitrogen and oxygen atoms in total. The minimum absolute atomic E-state index is 0.227. The van der Waals surface area contributed by atoms with E-state index in [1.54, 1.807) is 0 Å². The highest BCUT2D eigenvalue weighted by Crippen LogP contribution is 2.34. The Balaban J connectivity index is 2.13. The number of benzene rings is 2. The third-order valence-electron chi connectivity index (χ3n) is 2.24. The Kier molecular flexibility index (Phi) is 4.02. The second kappa shape index (κ2) is 5.52. The standard InChI is InChI=1S/C13H9BrClFO/c14-12-10(16)6-7-11(13(12)15)17-8-9-4-2-1-3-5-9/h1-7H,8H2. The lowest BCUT2D eigenvalue weighted by Crippen LogP contribution is -1.96. The molecule has 0 heterocycles. The van der Waals surface area contributed by atoms with E-state index < -0.39 is 5.82 Å². The summed E-state index contributed by atoms with van der Waals surface area (Å²) in [6.07, 6.45) is 0. The number of hydrogen-bond donors (Lipinski definition) is 0. The summed E-state index contributed by atoms with van der Waals surface area (Å²) in [7, 11) is 0. The molecule has 0 saturated carbocycles. The van der Waals surface area contributed by atoms with Gasteiger partial charge in [0.25, 0.3) is 0 Å². The Labute approximate surface area is 112 Å². The first-order chi connectivity index (χ1) is 8.18. The van der Waals surface area contributed by atoms with Gasteiger partial charge in [-0.05, 0) is 33.6 Å². The Hall–Kier alpha value is -1.06. The van der Waals surface area contributed by atoms with Crippen molar-refractivity contribution in [2.24, 2.45) is 0 Å². The van der Waals surface area contributed by atoms with Gasteiger partial charge in [0.15, 0.2) is 0 Å². The Morgan fingerprint density at radius 2 is 1.82 bits per heavy atom. The van der Waals surface area contributed by atoms with E-state index in [1.165, 1.54) is 12.1 Å². The molecule has 17 heavy (non-hydrogen) atoms. The van der Waals surface area contributed by atoms with Gasteiger partial charge in [-0.1, -0.05) is 41.9 Å². The smallest absolute Gasteiger partial charge is 0.139 e. The molecule has 2 rings (SSSR count). The van der Waals surface area contributed by atoms with Crippen LogP contribution in [0.3, 0.4) is 0 Å². The van der Waals surface area contributed by atoms with Gasteiger partial charge in [-0.15, -0.1) is 0 Å². The molecule has 0 radical (unpaired) electrons. The van der Waals surface area contributed by atoms with Crippen molar-refractivity contribution >= 4 is 27.5 Å². The van der Waals surface area contributed by atoms with Crippen LogP contribution in [0.2, 0.25) is 5.02 Å². The van der Waals surface area contributed by atoms with Gasteiger partial charge in [0, 0.05) is 0 Å². The van der Waals surface area contributed by atoms with Gasteiger partial charge in [0.1, 0.15) is 18.2 Å². The van der Waals surface area contributed by atoms with Crippen LogP contribution in [0, 0.1) is 5.82 Å². The average Bonchev–Trinajstić information content (AvgIpc) is 2.36. The fraction of sp³-hybridized carbons (Fsp3) is 0.0769. The number of ether oxygens (including phenoxy) is 1. The van der Waals surface area contributed by atoms with Gasteiger partial charge in [0.2, 0.25) is 0 Å². The zero-order valence-electron chi connectivity index (χ0n) is 8.79. The third kappa shape index (κ3) is 2.99. The van der Waals surface area contributed by atoms with Gasteiger partial charge in [-0.25, -0.2) is 4.39 Å². The second-order valence-electron chi connectivity index (χ2n) is 3.45. The van der Waals surface area contributed by atoms with Gasteiger partial charge >= 0.3 is 0 Å². The van der Waals surface area contributed by atoms with Crippen LogP contribution in [0.25, 0.3) is 0 Å². The molecular weight excluding hydrogens is 306 g/mol. The zero-order valence-corrected chi connectivity index (χ0v) is 11.1. The van der Waals surface area contributed by atoms with Crippen LogP contribution in [0.5, 0.6) is 5.75 Å². The summed E-state index contributed by atoms with van der Waals surface area (Å²) in [6, 6.07) is 12.5. The lowest BCUT2D eigenvalue weighted by Gasteiger charge is -2.09. The summed E-state index contributed by atoms with van der Waals surface area (Å²) in [5.74, 6) is 0.0610. The van der Waals surface area contributed by atoms with Crippen LogP contribution in [0.4, 0.5) is 4.39 Å². The monoisotopic (exact) mass is 314 g/mol. The molecule has 0 aliphatic carbocycles. The summed E-state index contributed by atoms with van der Waals surface area (Å²) in [6.45, 7) is 0.401. The predicted molar refractivity (Wildman–Crippen MR) is 69.9 cm³/mol. The summed E-state index contributed by atoms with van der Waals surface area (Å²) in [5.41, 5.74) is 1.03. The van der Waals surface area contributed by atoms with Crippen molar-refractivity contribution in [3.8, 4) is 5.75 Å². The summed E-state index contributed by atoms with van der Waals surface area (Å²) < 4.78 is 18.9. The maximum atomic E-state index is 13.1. The summed E-state index contributed by atoms with van der Waals surface area (Å²) in [4.78, 5) is 0. The highest BCUT2D eigenvalue weighted by molar-refractivity contribution is 9.10. The minimum atomic E-state index is -0.401. The van der Waals surface area contributed by atoms with E-state index in [9.17, 15) is 4.39 Å². The molecule has 0 atom stereocenters. The fourth-order valence-electron chi connectivity index (χ4n) is 1.35. The molecule has 0 N–H and O–H groups in total. The minimum Gasteiger partial charge on any atom is -0.487 e. The average molecular weight is 316 g/mol. The molecule has 0 aliphatic heterocycles. The highest BCUT2D eigenvalue weighted by atomic mass is 79.9. The molecule has 4 heteroatoms. The normalized spacial score (nSPS) is 10.3. The molecule has 0 aromatic heterocycles. The van der Waals surface area contributed by atoms with Gasteiger partial charge in [-0.3, -0.25) is 0 Å². The van der Waals surface area contributed by atoms with E-state index in [-0.39, 0.29) is 9.50 Å². The molecule has 2 aromatic carbocycles. The lowest BCUT2D eigenvalue weighted by atomic mass is 10.2. The Bertz CT molecular complexity index is 516. The maximum absolute atomic E-state index is 13.1. The van der Waals surface area contributed by atoms with Crippen molar-refractivity contribution in [1.82, 2.24) is 0 Å². The molecule has 2 aromatic rings. The van der Waals surface area contributed by atoms with Gasteiger partial charge in [-0.2, -0.15) is 0 Å². The highest BCUT2D eigenvalue weighted by Gasteiger charge is 2.10. The van der Waals surface area contributed by atoms with E-state index in [0.717, 1.165) is 5.56 Å². The first kappa shape index (κ1) is 12.4. The van der Waals surface area contributed by atoms with Crippen molar-refractivity contribution in [3.05, 3.63) is 63.3 Å². The lowest BCUT2D eigenvalue weighted by molar-refractivity contribution is 0.305. The van der Waals surface area contributed by atoms with Crippen LogP contribution < -0.4 is 4.74 Å². The SMILES string of the molecule is Fc1ccc(OCc2ccccc2)c(Cl)c1Br. The molecular formula is C13H9BrClFO. The molecule has 0 bridgehead atoms. The van der Waals surface area contributed by atoms with E-state index in [0.29, 0.717) is 12.4 Å². The van der Waals surface area contributed by atoms with Crippen molar-refractivity contribution in [3.63, 3.8) is 0 Å². The van der Waals surface area contributed by atoms with Crippen LogP contribution in [0.15, 0.2) is 46.9 Å². The molecule has 0 unspecified atom stereocenters. The van der Waals surface area contributed by atoms with E-state index in [1.807, 2.05) is 30.3 Å². The molecule has 88 valence electrons. The number of rotatable bonds is 3. The topological polar surface area (TPSA) is 9.23 Å². The van der Waals surface area contributed by atoms with Gasteiger partial charge in [0.05, 0.1) is 9.50 Å². The first-order valence-corrected chi connectivity index (χ1v) is 6.16. The van der Waals surface area contributed by atoms with Crippen LogP contribution >= 0.6 is 27.5 Å². The van der Waals surface area contributed by atoms with Crippen molar-refractivity contribution in [2.75, 3.05) is 0 Å². The van der Waals surface area contributed by atoms with Crippen molar-refractivity contribution in [2.45, 2.75) is 6.61 Å². The predicted octanol–water partition coefficient (Wildman–Crippen LogP) is 4.82. The van der Waals surface area contributed by atoms with Crippen LogP contribution in [0.1, 0.15) is 5.56 Å². The summed E-state index contributed by atoms with van der Waals surface area (Å²) in [5, 5.41) is 0.251. The zero-order chi connectivity index (χ0) is 12.3. The van der Waals surface area contributed by atoms with Crippen molar-refractivity contribution < 1.29 is 9.13 Å². The van der Waals surface area contributed by atoms with Crippen LogP contribution in [-0.4, -0.2) is 0 Å². The third-order valence-corrected chi connectivity index (χ3v) is 3.62. The second-order valence-corrected chi connectivity index (χ2v) is 4.62. The van der Waals surface area contributed by atoms with Gasteiger partial charge < -0.3 is 4.74 Å².